The van der Waals surface area contributed by atoms with Crippen LogP contribution in [0.25, 0.3) is 0 Å². The van der Waals surface area contributed by atoms with Crippen molar-refractivity contribution < 1.29 is 9.53 Å². The van der Waals surface area contributed by atoms with Gasteiger partial charge in [-0.15, -0.1) is 0 Å². The zero-order valence-electron chi connectivity index (χ0n) is 13.7. The van der Waals surface area contributed by atoms with Crippen molar-refractivity contribution in [1.82, 2.24) is 14.7 Å². The van der Waals surface area contributed by atoms with Crippen molar-refractivity contribution in [1.29, 1.82) is 0 Å². The van der Waals surface area contributed by atoms with E-state index in [4.69, 9.17) is 4.74 Å². The molecule has 1 aromatic heterocycles. The summed E-state index contributed by atoms with van der Waals surface area (Å²) in [5, 5.41) is 4.04. The van der Waals surface area contributed by atoms with E-state index in [0.29, 0.717) is 25.4 Å². The maximum atomic E-state index is 12.6. The summed E-state index contributed by atoms with van der Waals surface area (Å²) in [6.07, 6.45) is 1.82. The number of ether oxygens (including phenoxy) is 1. The maximum Gasteiger partial charge on any atom is 0.274 e. The molecule has 1 aliphatic rings. The van der Waals surface area contributed by atoms with Crippen molar-refractivity contribution in [2.24, 2.45) is 7.05 Å². The lowest BCUT2D eigenvalue weighted by Crippen LogP contribution is -2.46. The molecule has 1 fully saturated rings. The largest absolute Gasteiger partial charge is 0.375 e. The molecule has 24 heavy (non-hydrogen) atoms. The van der Waals surface area contributed by atoms with E-state index in [1.807, 2.05) is 18.2 Å². The van der Waals surface area contributed by atoms with Crippen LogP contribution in [0, 0.1) is 0 Å². The molecule has 1 atom stereocenters. The molecule has 0 bridgehead atoms. The van der Waals surface area contributed by atoms with Crippen LogP contribution >= 0.6 is 0 Å². The summed E-state index contributed by atoms with van der Waals surface area (Å²) in [7, 11) is 1.54. The van der Waals surface area contributed by atoms with Crippen molar-refractivity contribution in [3.05, 3.63) is 64.1 Å². The van der Waals surface area contributed by atoms with Gasteiger partial charge in [0.15, 0.2) is 0 Å². The van der Waals surface area contributed by atoms with Gasteiger partial charge in [-0.05, 0) is 24.5 Å². The summed E-state index contributed by atoms with van der Waals surface area (Å²) in [5.74, 6) is -0.154. The smallest absolute Gasteiger partial charge is 0.274 e. The Bertz CT molecular complexity index is 758. The quantitative estimate of drug-likeness (QED) is 0.848. The van der Waals surface area contributed by atoms with Crippen molar-refractivity contribution in [3.8, 4) is 0 Å². The van der Waals surface area contributed by atoms with Gasteiger partial charge in [0.25, 0.3) is 11.5 Å². The van der Waals surface area contributed by atoms with Crippen LogP contribution in [0.1, 0.15) is 22.5 Å². The molecule has 0 spiro atoms. The zero-order chi connectivity index (χ0) is 16.9. The maximum absolute atomic E-state index is 12.6. The predicted molar refractivity (Wildman–Crippen MR) is 89.9 cm³/mol. The van der Waals surface area contributed by atoms with E-state index in [1.165, 1.54) is 22.4 Å². The van der Waals surface area contributed by atoms with E-state index in [-0.39, 0.29) is 17.6 Å². The second-order valence-electron chi connectivity index (χ2n) is 5.95. The van der Waals surface area contributed by atoms with E-state index < -0.39 is 0 Å². The van der Waals surface area contributed by atoms with Crippen molar-refractivity contribution in [2.45, 2.75) is 18.9 Å². The van der Waals surface area contributed by atoms with Crippen LogP contribution in [-0.2, 0) is 18.2 Å². The molecule has 2 heterocycles. The minimum atomic E-state index is -0.228. The number of rotatable bonds is 4. The third-order valence-electron chi connectivity index (χ3n) is 4.20. The lowest BCUT2D eigenvalue weighted by Gasteiger charge is -2.32. The molecule has 1 aliphatic heterocycles. The molecular weight excluding hydrogens is 306 g/mol. The van der Waals surface area contributed by atoms with Crippen molar-refractivity contribution >= 4 is 5.91 Å². The monoisotopic (exact) mass is 327 g/mol. The molecule has 6 nitrogen and oxygen atoms in total. The van der Waals surface area contributed by atoms with E-state index in [2.05, 4.69) is 17.2 Å². The number of aryl methyl sites for hydroxylation is 2. The number of carbonyl (C=O) groups excluding carboxylic acids is 1. The first-order chi connectivity index (χ1) is 11.6. The van der Waals surface area contributed by atoms with Crippen LogP contribution in [0.15, 0.2) is 47.3 Å². The molecule has 126 valence electrons. The van der Waals surface area contributed by atoms with Crippen LogP contribution in [0.5, 0.6) is 0 Å². The Morgan fingerprint density at radius 3 is 2.79 bits per heavy atom. The molecule has 0 aliphatic carbocycles. The highest BCUT2D eigenvalue weighted by atomic mass is 16.5. The van der Waals surface area contributed by atoms with Crippen LogP contribution in [-0.4, -0.2) is 46.4 Å². The normalized spacial score (nSPS) is 17.7. The van der Waals surface area contributed by atoms with Gasteiger partial charge < -0.3 is 9.64 Å². The van der Waals surface area contributed by atoms with E-state index in [9.17, 15) is 9.59 Å². The average molecular weight is 327 g/mol. The molecule has 0 N–H and O–H groups in total. The van der Waals surface area contributed by atoms with Gasteiger partial charge in [-0.3, -0.25) is 9.59 Å². The Morgan fingerprint density at radius 1 is 1.25 bits per heavy atom. The van der Waals surface area contributed by atoms with Gasteiger partial charge in [0.05, 0.1) is 12.7 Å². The number of amides is 1. The first kappa shape index (κ1) is 16.4. The zero-order valence-corrected chi connectivity index (χ0v) is 13.7. The van der Waals surface area contributed by atoms with Gasteiger partial charge in [-0.2, -0.15) is 5.10 Å². The number of carbonyl (C=O) groups is 1. The minimum Gasteiger partial charge on any atom is -0.375 e. The molecule has 1 unspecified atom stereocenters. The van der Waals surface area contributed by atoms with E-state index in [0.717, 1.165) is 12.8 Å². The highest BCUT2D eigenvalue weighted by molar-refractivity contribution is 5.92. The number of hydrogen-bond acceptors (Lipinski definition) is 4. The topological polar surface area (TPSA) is 64.4 Å². The van der Waals surface area contributed by atoms with Crippen molar-refractivity contribution in [2.75, 3.05) is 19.7 Å². The van der Waals surface area contributed by atoms with Crippen LogP contribution in [0.3, 0.4) is 0 Å². The first-order valence-corrected chi connectivity index (χ1v) is 8.12. The van der Waals surface area contributed by atoms with Crippen LogP contribution in [0.4, 0.5) is 0 Å². The number of hydrogen-bond donors (Lipinski definition) is 0. The van der Waals surface area contributed by atoms with Gasteiger partial charge in [-0.25, -0.2) is 4.68 Å². The SMILES string of the molecule is Cn1nc(C(=O)N2CCOC(CCc3ccccc3)C2)ccc1=O. The molecule has 0 saturated carbocycles. The van der Waals surface area contributed by atoms with Gasteiger partial charge >= 0.3 is 0 Å². The fourth-order valence-corrected chi connectivity index (χ4v) is 2.83. The van der Waals surface area contributed by atoms with Gasteiger partial charge in [-0.1, -0.05) is 30.3 Å². The van der Waals surface area contributed by atoms with Crippen molar-refractivity contribution in [3.63, 3.8) is 0 Å². The fraction of sp³-hybridized carbons (Fsp3) is 0.389. The molecule has 1 aromatic carbocycles. The van der Waals surface area contributed by atoms with E-state index >= 15 is 0 Å². The third kappa shape index (κ3) is 3.89. The number of benzene rings is 1. The molecular formula is C18H21N3O3. The molecule has 6 heteroatoms. The van der Waals surface area contributed by atoms with E-state index in [1.54, 1.807) is 11.9 Å². The molecule has 0 radical (unpaired) electrons. The van der Waals surface area contributed by atoms with Crippen LogP contribution in [0.2, 0.25) is 0 Å². The van der Waals surface area contributed by atoms with Gasteiger partial charge in [0.1, 0.15) is 5.69 Å². The Labute approximate surface area is 140 Å². The third-order valence-corrected chi connectivity index (χ3v) is 4.20. The minimum absolute atomic E-state index is 0.0236. The lowest BCUT2D eigenvalue weighted by molar-refractivity contribution is -0.0248. The molecule has 3 rings (SSSR count). The number of morpholine rings is 1. The molecule has 1 amide bonds. The fourth-order valence-electron chi connectivity index (χ4n) is 2.83. The first-order valence-electron chi connectivity index (χ1n) is 8.12. The summed E-state index contributed by atoms with van der Waals surface area (Å²) >= 11 is 0. The standard InChI is InChI=1S/C18H21N3O3/c1-20-17(22)10-9-16(19-20)18(23)21-11-12-24-15(13-21)8-7-14-5-3-2-4-6-14/h2-6,9-10,15H,7-8,11-13H2,1H3. The Hall–Kier alpha value is -2.47. The van der Waals surface area contributed by atoms with Gasteiger partial charge in [0.2, 0.25) is 0 Å². The summed E-state index contributed by atoms with van der Waals surface area (Å²) in [6.45, 7) is 1.62. The summed E-state index contributed by atoms with van der Waals surface area (Å²) < 4.78 is 6.97. The Kier molecular flexibility index (Phi) is 5.05. The number of nitrogens with zero attached hydrogens (tertiary/aromatic N) is 3. The summed E-state index contributed by atoms with van der Waals surface area (Å²) in [6, 6.07) is 13.1. The second-order valence-corrected chi connectivity index (χ2v) is 5.95. The van der Waals surface area contributed by atoms with Gasteiger partial charge in [0, 0.05) is 26.2 Å². The lowest BCUT2D eigenvalue weighted by atomic mass is 10.1. The Balaban J connectivity index is 1.61. The highest BCUT2D eigenvalue weighted by Gasteiger charge is 2.25. The predicted octanol–water partition coefficient (Wildman–Crippen LogP) is 1.25. The Morgan fingerprint density at radius 2 is 2.04 bits per heavy atom. The molecule has 2 aromatic rings. The van der Waals surface area contributed by atoms with Crippen LogP contribution < -0.4 is 5.56 Å². The summed E-state index contributed by atoms with van der Waals surface area (Å²) in [4.78, 5) is 25.7. The average Bonchev–Trinajstić information content (AvgIpc) is 2.63. The molecule has 1 saturated heterocycles. The number of aromatic nitrogens is 2. The summed E-state index contributed by atoms with van der Waals surface area (Å²) in [5.41, 5.74) is 1.33. The highest BCUT2D eigenvalue weighted by Crippen LogP contribution is 2.14. The second kappa shape index (κ2) is 7.40.